The van der Waals surface area contributed by atoms with E-state index in [1.165, 1.54) is 11.9 Å². The van der Waals surface area contributed by atoms with Crippen LogP contribution in [0.4, 0.5) is 0 Å². The number of amides is 1. The highest BCUT2D eigenvalue weighted by Gasteiger charge is 2.32. The molecule has 0 aliphatic carbocycles. The van der Waals surface area contributed by atoms with E-state index in [9.17, 15) is 4.79 Å². The molecule has 1 aliphatic heterocycles. The molecule has 0 unspecified atom stereocenters. The molecule has 1 atom stereocenters. The fourth-order valence-corrected chi connectivity index (χ4v) is 3.21. The van der Waals surface area contributed by atoms with Crippen molar-refractivity contribution in [2.45, 2.75) is 26.3 Å². The van der Waals surface area contributed by atoms with Gasteiger partial charge < -0.3 is 14.2 Å². The lowest BCUT2D eigenvalue weighted by Gasteiger charge is -2.20. The Labute approximate surface area is 159 Å². The summed E-state index contributed by atoms with van der Waals surface area (Å²) in [6.45, 7) is 4.09. The summed E-state index contributed by atoms with van der Waals surface area (Å²) in [6.07, 6.45) is 0.607. The van der Waals surface area contributed by atoms with Crippen LogP contribution in [0.2, 0.25) is 0 Å². The average molecular weight is 368 g/mol. The Morgan fingerprint density at radius 1 is 1.11 bits per heavy atom. The van der Waals surface area contributed by atoms with Gasteiger partial charge in [-0.2, -0.15) is 5.10 Å². The first-order chi connectivity index (χ1) is 13.1. The highest BCUT2D eigenvalue weighted by atomic mass is 16.5. The van der Waals surface area contributed by atoms with E-state index >= 15 is 0 Å². The third-order valence-corrected chi connectivity index (χ3v) is 4.53. The number of hydrazone groups is 1. The van der Waals surface area contributed by atoms with Crippen molar-refractivity contribution in [3.05, 3.63) is 53.6 Å². The monoisotopic (exact) mass is 368 g/mol. The highest BCUT2D eigenvalue weighted by Crippen LogP contribution is 2.36. The van der Waals surface area contributed by atoms with Crippen molar-refractivity contribution in [1.29, 1.82) is 0 Å². The van der Waals surface area contributed by atoms with Crippen molar-refractivity contribution in [2.75, 3.05) is 20.8 Å². The molecule has 0 radical (unpaired) electrons. The van der Waals surface area contributed by atoms with Crippen molar-refractivity contribution < 1.29 is 19.0 Å². The van der Waals surface area contributed by atoms with Crippen LogP contribution in [0.5, 0.6) is 17.2 Å². The molecule has 0 fully saturated rings. The van der Waals surface area contributed by atoms with Gasteiger partial charge in [-0.1, -0.05) is 12.1 Å². The van der Waals surface area contributed by atoms with Gasteiger partial charge in [-0.25, -0.2) is 5.01 Å². The molecule has 1 aliphatic rings. The molecule has 142 valence electrons. The Morgan fingerprint density at radius 2 is 1.81 bits per heavy atom. The minimum Gasteiger partial charge on any atom is -0.497 e. The molecular weight excluding hydrogens is 344 g/mol. The predicted molar refractivity (Wildman–Crippen MR) is 104 cm³/mol. The number of benzene rings is 2. The number of carbonyl (C=O) groups is 1. The van der Waals surface area contributed by atoms with Crippen molar-refractivity contribution >= 4 is 11.6 Å². The van der Waals surface area contributed by atoms with E-state index in [4.69, 9.17) is 14.2 Å². The lowest BCUT2D eigenvalue weighted by Crippen LogP contribution is -2.24. The molecule has 0 aromatic heterocycles. The highest BCUT2D eigenvalue weighted by molar-refractivity contribution is 6.05. The van der Waals surface area contributed by atoms with Gasteiger partial charge in [-0.05, 0) is 36.8 Å². The van der Waals surface area contributed by atoms with E-state index in [0.717, 1.165) is 22.6 Å². The van der Waals surface area contributed by atoms with Crippen LogP contribution >= 0.6 is 0 Å². The van der Waals surface area contributed by atoms with Crippen molar-refractivity contribution in [3.63, 3.8) is 0 Å². The fourth-order valence-electron chi connectivity index (χ4n) is 3.21. The molecule has 2 aromatic rings. The molecule has 1 heterocycles. The first-order valence-electron chi connectivity index (χ1n) is 8.89. The summed E-state index contributed by atoms with van der Waals surface area (Å²) in [5.41, 5.74) is 2.68. The summed E-state index contributed by atoms with van der Waals surface area (Å²) in [5.74, 6) is 2.09. The smallest absolute Gasteiger partial charge is 0.240 e. The Morgan fingerprint density at radius 3 is 2.41 bits per heavy atom. The maximum atomic E-state index is 12.2. The molecule has 1 amide bonds. The van der Waals surface area contributed by atoms with E-state index in [0.29, 0.717) is 24.5 Å². The standard InChI is InChI=1S/C21H24N2O4/c1-5-27-16-8-6-15(7-9-16)20-13-19(22-23(20)14(2)24)18-11-10-17(25-3)12-21(18)26-4/h6-12,20H,5,13H2,1-4H3/t20-/m0/s1. The van der Waals surface area contributed by atoms with Crippen LogP contribution < -0.4 is 14.2 Å². The lowest BCUT2D eigenvalue weighted by molar-refractivity contribution is -0.130. The number of carbonyl (C=O) groups excluding carboxylic acids is 1. The van der Waals surface area contributed by atoms with Crippen LogP contribution in [0.1, 0.15) is 37.4 Å². The van der Waals surface area contributed by atoms with Gasteiger partial charge in [0.05, 0.1) is 32.6 Å². The molecular formula is C21H24N2O4. The van der Waals surface area contributed by atoms with Crippen LogP contribution in [-0.4, -0.2) is 37.5 Å². The average Bonchev–Trinajstić information content (AvgIpc) is 3.14. The molecule has 0 saturated heterocycles. The third kappa shape index (κ3) is 3.89. The minimum atomic E-state index is -0.153. The number of ether oxygens (including phenoxy) is 3. The third-order valence-electron chi connectivity index (χ3n) is 4.53. The second-order valence-corrected chi connectivity index (χ2v) is 6.20. The van der Waals surface area contributed by atoms with Crippen molar-refractivity contribution in [3.8, 4) is 17.2 Å². The molecule has 3 rings (SSSR count). The summed E-state index contributed by atoms with van der Waals surface area (Å²) in [6, 6.07) is 13.2. The molecule has 27 heavy (non-hydrogen) atoms. The van der Waals surface area contributed by atoms with Gasteiger partial charge in [0.1, 0.15) is 17.2 Å². The summed E-state index contributed by atoms with van der Waals surface area (Å²) in [4.78, 5) is 12.2. The van der Waals surface area contributed by atoms with Crippen molar-refractivity contribution in [1.82, 2.24) is 5.01 Å². The zero-order valence-electron chi connectivity index (χ0n) is 16.1. The maximum Gasteiger partial charge on any atom is 0.240 e. The normalized spacial score (nSPS) is 16.1. The Balaban J connectivity index is 1.91. The van der Waals surface area contributed by atoms with Gasteiger partial charge in [-0.15, -0.1) is 0 Å². The lowest BCUT2D eigenvalue weighted by atomic mass is 9.97. The van der Waals surface area contributed by atoms with Crippen molar-refractivity contribution in [2.24, 2.45) is 5.10 Å². The van der Waals surface area contributed by atoms with E-state index in [1.54, 1.807) is 14.2 Å². The number of methoxy groups -OCH3 is 2. The Bertz CT molecular complexity index is 846. The van der Waals surface area contributed by atoms with E-state index in [1.807, 2.05) is 49.4 Å². The quantitative estimate of drug-likeness (QED) is 0.778. The minimum absolute atomic E-state index is 0.101. The van der Waals surface area contributed by atoms with Crippen LogP contribution in [0, 0.1) is 0 Å². The van der Waals surface area contributed by atoms with Gasteiger partial charge in [0.25, 0.3) is 0 Å². The molecule has 6 nitrogen and oxygen atoms in total. The summed E-state index contributed by atoms with van der Waals surface area (Å²) in [7, 11) is 3.22. The van der Waals surface area contributed by atoms with E-state index < -0.39 is 0 Å². The molecule has 6 heteroatoms. The molecule has 0 saturated carbocycles. The van der Waals surface area contributed by atoms with Gasteiger partial charge in [0, 0.05) is 25.0 Å². The van der Waals surface area contributed by atoms with Gasteiger partial charge >= 0.3 is 0 Å². The zero-order chi connectivity index (χ0) is 19.4. The van der Waals surface area contributed by atoms with Crippen LogP contribution in [-0.2, 0) is 4.79 Å². The summed E-state index contributed by atoms with van der Waals surface area (Å²) < 4.78 is 16.3. The predicted octanol–water partition coefficient (Wildman–Crippen LogP) is 3.80. The molecule has 2 aromatic carbocycles. The number of hydrogen-bond donors (Lipinski definition) is 0. The van der Waals surface area contributed by atoms with Gasteiger partial charge in [0.2, 0.25) is 5.91 Å². The fraction of sp³-hybridized carbons (Fsp3) is 0.333. The molecule has 0 spiro atoms. The van der Waals surface area contributed by atoms with Crippen LogP contribution in [0.25, 0.3) is 0 Å². The number of hydrogen-bond acceptors (Lipinski definition) is 5. The first kappa shape index (κ1) is 18.8. The summed E-state index contributed by atoms with van der Waals surface area (Å²) >= 11 is 0. The van der Waals surface area contributed by atoms with Gasteiger partial charge in [-0.3, -0.25) is 4.79 Å². The Kier molecular flexibility index (Phi) is 5.64. The zero-order valence-corrected chi connectivity index (χ0v) is 16.1. The van der Waals surface area contributed by atoms with Crippen LogP contribution in [0.3, 0.4) is 0 Å². The number of nitrogens with zero attached hydrogens (tertiary/aromatic N) is 2. The largest absolute Gasteiger partial charge is 0.497 e. The Hall–Kier alpha value is -3.02. The SMILES string of the molecule is CCOc1ccc([C@@H]2CC(c3ccc(OC)cc3OC)=NN2C(C)=O)cc1. The van der Waals surface area contributed by atoms with E-state index in [2.05, 4.69) is 5.10 Å². The first-order valence-corrected chi connectivity index (χ1v) is 8.89. The van der Waals surface area contributed by atoms with Gasteiger partial charge in [0.15, 0.2) is 0 Å². The topological polar surface area (TPSA) is 60.4 Å². The maximum absolute atomic E-state index is 12.2. The second-order valence-electron chi connectivity index (χ2n) is 6.20. The second kappa shape index (κ2) is 8.12. The van der Waals surface area contributed by atoms with E-state index in [-0.39, 0.29) is 11.9 Å². The molecule has 0 bridgehead atoms. The number of rotatable bonds is 6. The summed E-state index contributed by atoms with van der Waals surface area (Å²) in [5, 5.41) is 6.12. The van der Waals surface area contributed by atoms with Crippen LogP contribution in [0.15, 0.2) is 47.6 Å². The molecule has 0 N–H and O–H groups in total.